The van der Waals surface area contributed by atoms with Crippen LogP contribution in [0.3, 0.4) is 0 Å². The van der Waals surface area contributed by atoms with E-state index in [1.54, 1.807) is 0 Å². The molecule has 3 nitrogen and oxygen atoms in total. The average molecular weight is 190 g/mol. The lowest BCUT2D eigenvalue weighted by Crippen LogP contribution is -1.91. The number of hydrogen-bond acceptors (Lipinski definition) is 2. The Hall–Kier alpha value is -1.16. The number of halogens is 2. The van der Waals surface area contributed by atoms with E-state index in [2.05, 4.69) is 0 Å². The molecule has 1 aromatic carbocycles. The van der Waals surface area contributed by atoms with E-state index in [0.29, 0.717) is 0 Å². The molecule has 0 amide bonds. The largest absolute Gasteiger partial charge is 0.273 e. The van der Waals surface area contributed by atoms with Gasteiger partial charge in [-0.05, 0) is 6.92 Å². The minimum Gasteiger partial charge on any atom is -0.258 e. The van der Waals surface area contributed by atoms with Gasteiger partial charge in [-0.3, -0.25) is 10.1 Å². The second-order valence-electron chi connectivity index (χ2n) is 2.29. The predicted octanol–water partition coefficient (Wildman–Crippen LogP) is 2.70. The molecule has 0 heterocycles. The van der Waals surface area contributed by atoms with E-state index in [1.807, 2.05) is 0 Å². The Balaban J connectivity index is 3.31. The molecule has 12 heavy (non-hydrogen) atoms. The third kappa shape index (κ3) is 1.53. The van der Waals surface area contributed by atoms with Crippen molar-refractivity contribution >= 4 is 17.3 Å². The second kappa shape index (κ2) is 3.06. The van der Waals surface area contributed by atoms with Crippen molar-refractivity contribution in [3.05, 3.63) is 38.7 Å². The minimum atomic E-state index is -0.686. The summed E-state index contributed by atoms with van der Waals surface area (Å²) < 4.78 is 12.8. The lowest BCUT2D eigenvalue weighted by Gasteiger charge is -1.98. The van der Waals surface area contributed by atoms with E-state index in [0.717, 1.165) is 12.1 Å². The molecular formula is C7H5ClFNO2. The van der Waals surface area contributed by atoms with Crippen LogP contribution in [0.2, 0.25) is 5.02 Å². The lowest BCUT2D eigenvalue weighted by molar-refractivity contribution is -0.385. The highest BCUT2D eigenvalue weighted by Gasteiger charge is 2.12. The van der Waals surface area contributed by atoms with Gasteiger partial charge in [0.05, 0.1) is 16.0 Å². The summed E-state index contributed by atoms with van der Waals surface area (Å²) in [5, 5.41) is 10.3. The van der Waals surface area contributed by atoms with Gasteiger partial charge in [-0.2, -0.15) is 0 Å². The number of hydrogen-bond donors (Lipinski definition) is 0. The Kier molecular flexibility index (Phi) is 2.28. The molecule has 0 atom stereocenters. The van der Waals surface area contributed by atoms with Crippen LogP contribution in [0.15, 0.2) is 12.1 Å². The van der Waals surface area contributed by atoms with Crippen LogP contribution in [0.1, 0.15) is 5.56 Å². The topological polar surface area (TPSA) is 43.1 Å². The van der Waals surface area contributed by atoms with Crippen LogP contribution in [0.25, 0.3) is 0 Å². The highest BCUT2D eigenvalue weighted by molar-refractivity contribution is 6.31. The second-order valence-corrected chi connectivity index (χ2v) is 2.70. The van der Waals surface area contributed by atoms with Crippen molar-refractivity contribution in [3.8, 4) is 0 Å². The molecule has 0 aliphatic carbocycles. The molecule has 0 aliphatic heterocycles. The molecule has 1 rings (SSSR count). The van der Waals surface area contributed by atoms with E-state index in [4.69, 9.17) is 11.6 Å². The fourth-order valence-electron chi connectivity index (χ4n) is 0.737. The van der Waals surface area contributed by atoms with Gasteiger partial charge in [0.1, 0.15) is 5.82 Å². The number of nitro groups is 1. The number of non-ortho nitro benzene ring substituents is 1. The van der Waals surface area contributed by atoms with Crippen LogP contribution in [0.4, 0.5) is 10.1 Å². The van der Waals surface area contributed by atoms with Crippen LogP contribution >= 0.6 is 11.6 Å². The van der Waals surface area contributed by atoms with Crippen LogP contribution in [-0.4, -0.2) is 4.92 Å². The molecule has 0 bridgehead atoms. The summed E-state index contributed by atoms with van der Waals surface area (Å²) in [6, 6.07) is 1.97. The van der Waals surface area contributed by atoms with Gasteiger partial charge in [0.2, 0.25) is 0 Å². The first-order chi connectivity index (χ1) is 5.52. The molecule has 0 unspecified atom stereocenters. The quantitative estimate of drug-likeness (QED) is 0.504. The molecule has 5 heteroatoms. The molecule has 0 radical (unpaired) electrons. The highest BCUT2D eigenvalue weighted by Crippen LogP contribution is 2.24. The van der Waals surface area contributed by atoms with Crippen molar-refractivity contribution in [1.29, 1.82) is 0 Å². The Morgan fingerprint density at radius 3 is 2.58 bits per heavy atom. The van der Waals surface area contributed by atoms with E-state index < -0.39 is 10.7 Å². The summed E-state index contributed by atoms with van der Waals surface area (Å²) in [5.74, 6) is -0.658. The molecule has 0 spiro atoms. The van der Waals surface area contributed by atoms with Crippen LogP contribution in [0.5, 0.6) is 0 Å². The molecule has 0 aromatic heterocycles. The fraction of sp³-hybridized carbons (Fsp3) is 0.143. The average Bonchev–Trinajstić information content (AvgIpc) is 1.99. The molecule has 0 saturated carbocycles. The Morgan fingerprint density at radius 1 is 1.58 bits per heavy atom. The number of nitro benzene ring substituents is 1. The van der Waals surface area contributed by atoms with Crippen LogP contribution in [-0.2, 0) is 0 Å². The summed E-state index contributed by atoms with van der Waals surface area (Å²) in [5.41, 5.74) is -0.106. The first kappa shape index (κ1) is 8.93. The number of nitrogens with zero attached hydrogens (tertiary/aromatic N) is 1. The van der Waals surface area contributed by atoms with Gasteiger partial charge >= 0.3 is 0 Å². The Labute approximate surface area is 72.9 Å². The van der Waals surface area contributed by atoms with Crippen molar-refractivity contribution in [3.63, 3.8) is 0 Å². The summed E-state index contributed by atoms with van der Waals surface area (Å²) >= 11 is 5.52. The SMILES string of the molecule is Cc1c(F)cc([N+](=O)[O-])cc1Cl. The van der Waals surface area contributed by atoms with Crippen molar-refractivity contribution in [2.45, 2.75) is 6.92 Å². The van der Waals surface area contributed by atoms with Crippen molar-refractivity contribution in [2.75, 3.05) is 0 Å². The predicted molar refractivity (Wildman–Crippen MR) is 42.8 cm³/mol. The summed E-state index contributed by atoms with van der Waals surface area (Å²) in [7, 11) is 0. The van der Waals surface area contributed by atoms with Crippen molar-refractivity contribution < 1.29 is 9.31 Å². The fourth-order valence-corrected chi connectivity index (χ4v) is 0.939. The van der Waals surface area contributed by atoms with Gasteiger partial charge in [-0.15, -0.1) is 0 Å². The summed E-state index contributed by atoms with van der Waals surface area (Å²) in [6.45, 7) is 1.46. The smallest absolute Gasteiger partial charge is 0.258 e. The molecule has 0 fully saturated rings. The lowest BCUT2D eigenvalue weighted by atomic mass is 10.2. The zero-order valence-electron chi connectivity index (χ0n) is 6.17. The number of rotatable bonds is 1. The first-order valence-electron chi connectivity index (χ1n) is 3.12. The van der Waals surface area contributed by atoms with Gasteiger partial charge in [0.25, 0.3) is 5.69 Å². The van der Waals surface area contributed by atoms with Gasteiger partial charge in [-0.25, -0.2) is 4.39 Å². The van der Waals surface area contributed by atoms with Gasteiger partial charge in [-0.1, -0.05) is 11.6 Å². The number of benzene rings is 1. The summed E-state index contributed by atoms with van der Waals surface area (Å²) in [4.78, 5) is 9.51. The van der Waals surface area contributed by atoms with Gasteiger partial charge in [0.15, 0.2) is 0 Å². The van der Waals surface area contributed by atoms with E-state index in [1.165, 1.54) is 6.92 Å². The first-order valence-corrected chi connectivity index (χ1v) is 3.50. The van der Waals surface area contributed by atoms with Gasteiger partial charge in [0, 0.05) is 11.6 Å². The monoisotopic (exact) mass is 189 g/mol. The maximum absolute atomic E-state index is 12.8. The van der Waals surface area contributed by atoms with Crippen LogP contribution in [0, 0.1) is 22.9 Å². The van der Waals surface area contributed by atoms with E-state index in [9.17, 15) is 14.5 Å². The zero-order chi connectivity index (χ0) is 9.30. The third-order valence-corrected chi connectivity index (χ3v) is 1.87. The molecule has 0 N–H and O–H groups in total. The zero-order valence-corrected chi connectivity index (χ0v) is 6.93. The van der Waals surface area contributed by atoms with E-state index in [-0.39, 0.29) is 16.3 Å². The Bertz CT molecular complexity index is 317. The maximum atomic E-state index is 12.8. The van der Waals surface area contributed by atoms with E-state index >= 15 is 0 Å². The molecular weight excluding hydrogens is 185 g/mol. The van der Waals surface area contributed by atoms with Crippen molar-refractivity contribution in [1.82, 2.24) is 0 Å². The van der Waals surface area contributed by atoms with Crippen LogP contribution < -0.4 is 0 Å². The molecule has 0 saturated heterocycles. The van der Waals surface area contributed by atoms with Crippen molar-refractivity contribution in [2.24, 2.45) is 0 Å². The molecule has 64 valence electrons. The maximum Gasteiger partial charge on any atom is 0.273 e. The third-order valence-electron chi connectivity index (χ3n) is 1.48. The normalized spacial score (nSPS) is 9.92. The summed E-state index contributed by atoms with van der Waals surface area (Å²) in [6.07, 6.45) is 0. The highest BCUT2D eigenvalue weighted by atomic mass is 35.5. The molecule has 0 aliphatic rings. The van der Waals surface area contributed by atoms with Gasteiger partial charge < -0.3 is 0 Å². The standard InChI is InChI=1S/C7H5ClFNO2/c1-4-6(8)2-5(10(11)12)3-7(4)9/h2-3H,1H3. The molecule has 1 aromatic rings. The Morgan fingerprint density at radius 2 is 2.17 bits per heavy atom. The minimum absolute atomic E-state index is 0.0710.